The summed E-state index contributed by atoms with van der Waals surface area (Å²) in [4.78, 5) is 8.78. The van der Waals surface area contributed by atoms with E-state index in [1.54, 1.807) is 12.3 Å². The van der Waals surface area contributed by atoms with E-state index in [1.165, 1.54) is 18.4 Å². The van der Waals surface area contributed by atoms with Gasteiger partial charge in [0.05, 0.1) is 23.9 Å². The highest BCUT2D eigenvalue weighted by molar-refractivity contribution is 7.22. The molecule has 0 aliphatic rings. The van der Waals surface area contributed by atoms with E-state index >= 15 is 0 Å². The maximum absolute atomic E-state index is 10.2. The van der Waals surface area contributed by atoms with Crippen LogP contribution < -0.4 is 14.8 Å². The number of fused-ring (bicyclic) bond motifs is 1. The first-order chi connectivity index (χ1) is 13.2. The monoisotopic (exact) mass is 379 g/mol. The zero-order valence-electron chi connectivity index (χ0n) is 14.5. The molecule has 2 N–H and O–H groups in total. The minimum Gasteiger partial charge on any atom is -0.503 e. The smallest absolute Gasteiger partial charge is 0.184 e. The zero-order chi connectivity index (χ0) is 18.6. The van der Waals surface area contributed by atoms with E-state index in [2.05, 4.69) is 15.3 Å². The van der Waals surface area contributed by atoms with Crippen molar-refractivity contribution in [3.05, 3.63) is 66.5 Å². The lowest BCUT2D eigenvalue weighted by Gasteiger charge is -2.08. The Kier molecular flexibility index (Phi) is 4.76. The number of pyridine rings is 1. The molecule has 0 radical (unpaired) electrons. The van der Waals surface area contributed by atoms with Crippen LogP contribution in [0.1, 0.15) is 5.69 Å². The number of ether oxygens (including phenoxy) is 2. The number of rotatable bonds is 6. The normalized spacial score (nSPS) is 10.7. The average molecular weight is 379 g/mol. The third kappa shape index (κ3) is 3.63. The number of hydrogen-bond acceptors (Lipinski definition) is 7. The van der Waals surface area contributed by atoms with Gasteiger partial charge in [-0.15, -0.1) is 0 Å². The molecular formula is C20H17N3O3S. The summed E-state index contributed by atoms with van der Waals surface area (Å²) in [7, 11) is 1.51. The molecule has 0 fully saturated rings. The Bertz CT molecular complexity index is 1070. The van der Waals surface area contributed by atoms with Crippen LogP contribution in [0.25, 0.3) is 10.2 Å². The van der Waals surface area contributed by atoms with Crippen LogP contribution in [-0.4, -0.2) is 22.2 Å². The van der Waals surface area contributed by atoms with E-state index in [-0.39, 0.29) is 5.75 Å². The summed E-state index contributed by atoms with van der Waals surface area (Å²) < 4.78 is 12.1. The summed E-state index contributed by atoms with van der Waals surface area (Å²) >= 11 is 1.49. The Morgan fingerprint density at radius 1 is 1.04 bits per heavy atom. The molecular weight excluding hydrogens is 362 g/mol. The van der Waals surface area contributed by atoms with Gasteiger partial charge in [0.25, 0.3) is 0 Å². The Morgan fingerprint density at radius 3 is 2.70 bits per heavy atom. The van der Waals surface area contributed by atoms with E-state index in [4.69, 9.17) is 9.47 Å². The minimum absolute atomic E-state index is 0.0294. The molecule has 2 aromatic heterocycles. The van der Waals surface area contributed by atoms with Crippen LogP contribution in [-0.2, 0) is 6.54 Å². The predicted molar refractivity (Wildman–Crippen MR) is 106 cm³/mol. The van der Waals surface area contributed by atoms with Gasteiger partial charge in [-0.2, -0.15) is 0 Å². The Morgan fingerprint density at radius 2 is 1.89 bits per heavy atom. The zero-order valence-corrected chi connectivity index (χ0v) is 15.4. The summed E-state index contributed by atoms with van der Waals surface area (Å²) in [5.41, 5.74) is 1.34. The summed E-state index contributed by atoms with van der Waals surface area (Å²) in [6.45, 7) is 0.331. The van der Waals surface area contributed by atoms with Crippen molar-refractivity contribution in [1.82, 2.24) is 9.97 Å². The SMILES string of the molecule is COc1ccnc(CNc2nc3cccc(Oc4ccccc4)c3s2)c1O. The summed E-state index contributed by atoms with van der Waals surface area (Å²) in [5, 5.41) is 14.1. The lowest BCUT2D eigenvalue weighted by molar-refractivity contribution is 0.369. The number of aromatic nitrogens is 2. The highest BCUT2D eigenvalue weighted by atomic mass is 32.1. The van der Waals surface area contributed by atoms with Gasteiger partial charge in [-0.1, -0.05) is 35.6 Å². The van der Waals surface area contributed by atoms with Crippen molar-refractivity contribution >= 4 is 26.7 Å². The fraction of sp³-hybridized carbons (Fsp3) is 0.100. The van der Waals surface area contributed by atoms with Gasteiger partial charge < -0.3 is 19.9 Å². The van der Waals surface area contributed by atoms with E-state index in [1.807, 2.05) is 48.5 Å². The molecule has 6 nitrogen and oxygen atoms in total. The molecule has 0 unspecified atom stereocenters. The van der Waals surface area contributed by atoms with Gasteiger partial charge in [-0.3, -0.25) is 4.98 Å². The highest BCUT2D eigenvalue weighted by Crippen LogP contribution is 2.36. The molecule has 0 aliphatic heterocycles. The van der Waals surface area contributed by atoms with Gasteiger partial charge in [0, 0.05) is 12.3 Å². The van der Waals surface area contributed by atoms with Crippen molar-refractivity contribution in [3.8, 4) is 23.0 Å². The van der Waals surface area contributed by atoms with E-state index < -0.39 is 0 Å². The topological polar surface area (TPSA) is 76.5 Å². The molecule has 0 aliphatic carbocycles. The minimum atomic E-state index is 0.0294. The first-order valence-electron chi connectivity index (χ1n) is 8.32. The molecule has 0 spiro atoms. The second kappa shape index (κ2) is 7.51. The molecule has 0 atom stereocenters. The quantitative estimate of drug-likeness (QED) is 0.501. The van der Waals surface area contributed by atoms with Gasteiger partial charge in [0.15, 0.2) is 16.6 Å². The second-order valence-corrected chi connectivity index (χ2v) is 6.70. The standard InChI is InChI=1S/C20H17N3O3S/c1-25-16-10-11-21-15(18(16)24)12-22-20-23-14-8-5-9-17(19(14)27-20)26-13-6-3-2-4-7-13/h2-11,24H,12H2,1H3,(H,22,23). The fourth-order valence-electron chi connectivity index (χ4n) is 2.63. The van der Waals surface area contributed by atoms with E-state index in [9.17, 15) is 5.11 Å². The fourth-order valence-corrected chi connectivity index (χ4v) is 3.54. The average Bonchev–Trinajstić information content (AvgIpc) is 3.12. The number of methoxy groups -OCH3 is 1. The van der Waals surface area contributed by atoms with Crippen molar-refractivity contribution < 1.29 is 14.6 Å². The summed E-state index contributed by atoms with van der Waals surface area (Å²) in [5.74, 6) is 1.95. The van der Waals surface area contributed by atoms with Crippen molar-refractivity contribution in [1.29, 1.82) is 0 Å². The van der Waals surface area contributed by atoms with Crippen molar-refractivity contribution in [2.75, 3.05) is 12.4 Å². The maximum Gasteiger partial charge on any atom is 0.184 e. The number of aromatic hydroxyl groups is 1. The molecule has 4 aromatic rings. The second-order valence-electron chi connectivity index (χ2n) is 5.70. The Labute approximate surface area is 160 Å². The molecule has 2 heterocycles. The summed E-state index contributed by atoms with van der Waals surface area (Å²) in [6.07, 6.45) is 1.60. The van der Waals surface area contributed by atoms with Crippen molar-refractivity contribution in [2.24, 2.45) is 0 Å². The van der Waals surface area contributed by atoms with Crippen LogP contribution in [0.3, 0.4) is 0 Å². The van der Waals surface area contributed by atoms with Gasteiger partial charge in [-0.05, 0) is 24.3 Å². The number of nitrogens with zero attached hydrogens (tertiary/aromatic N) is 2. The number of anilines is 1. The number of thiazole rings is 1. The third-order valence-corrected chi connectivity index (χ3v) is 4.98. The first-order valence-corrected chi connectivity index (χ1v) is 9.13. The molecule has 136 valence electrons. The highest BCUT2D eigenvalue weighted by Gasteiger charge is 2.12. The Hall–Kier alpha value is -3.32. The predicted octanol–water partition coefficient (Wildman–Crippen LogP) is 4.81. The van der Waals surface area contributed by atoms with Crippen LogP contribution in [0.5, 0.6) is 23.0 Å². The van der Waals surface area contributed by atoms with Gasteiger partial charge >= 0.3 is 0 Å². The molecule has 7 heteroatoms. The van der Waals surface area contributed by atoms with Gasteiger partial charge in [0.1, 0.15) is 17.2 Å². The lowest BCUT2D eigenvalue weighted by atomic mass is 10.3. The maximum atomic E-state index is 10.2. The molecule has 2 aromatic carbocycles. The number of hydrogen-bond donors (Lipinski definition) is 2. The van der Waals surface area contributed by atoms with Crippen LogP contribution in [0.15, 0.2) is 60.8 Å². The number of para-hydroxylation sites is 1. The van der Waals surface area contributed by atoms with Crippen LogP contribution >= 0.6 is 11.3 Å². The van der Waals surface area contributed by atoms with Crippen molar-refractivity contribution in [2.45, 2.75) is 6.54 Å². The molecule has 0 amide bonds. The van der Waals surface area contributed by atoms with E-state index in [0.29, 0.717) is 18.0 Å². The number of nitrogens with one attached hydrogen (secondary N) is 1. The molecule has 4 rings (SSSR count). The van der Waals surface area contributed by atoms with Gasteiger partial charge in [0.2, 0.25) is 0 Å². The summed E-state index contributed by atoms with van der Waals surface area (Å²) in [6, 6.07) is 17.0. The Balaban J connectivity index is 1.56. The van der Waals surface area contributed by atoms with Crippen LogP contribution in [0, 0.1) is 0 Å². The van der Waals surface area contributed by atoms with Crippen molar-refractivity contribution in [3.63, 3.8) is 0 Å². The van der Waals surface area contributed by atoms with Crippen LogP contribution in [0.2, 0.25) is 0 Å². The number of benzene rings is 2. The first kappa shape index (κ1) is 17.1. The van der Waals surface area contributed by atoms with Crippen LogP contribution in [0.4, 0.5) is 5.13 Å². The molecule has 27 heavy (non-hydrogen) atoms. The van der Waals surface area contributed by atoms with E-state index in [0.717, 1.165) is 26.8 Å². The largest absolute Gasteiger partial charge is 0.503 e. The lowest BCUT2D eigenvalue weighted by Crippen LogP contribution is -2.02. The molecule has 0 saturated heterocycles. The van der Waals surface area contributed by atoms with Gasteiger partial charge in [-0.25, -0.2) is 4.98 Å². The third-order valence-electron chi connectivity index (χ3n) is 3.94. The molecule has 0 bridgehead atoms. The molecule has 0 saturated carbocycles.